The highest BCUT2D eigenvalue weighted by Crippen LogP contribution is 2.30. The summed E-state index contributed by atoms with van der Waals surface area (Å²) in [7, 11) is -14.1. The second-order valence-electron chi connectivity index (χ2n) is 16.2. The summed E-state index contributed by atoms with van der Waals surface area (Å²) in [5.74, 6) is 0.269. The highest BCUT2D eigenvalue weighted by molar-refractivity contribution is 7.86. The highest BCUT2D eigenvalue weighted by atomic mass is 35.5. The Balaban J connectivity index is 0.000000232. The third-order valence-electron chi connectivity index (χ3n) is 9.44. The average Bonchev–Trinajstić information content (AvgIpc) is 1.88. The van der Waals surface area contributed by atoms with Crippen molar-refractivity contribution in [1.82, 2.24) is 59.8 Å². The molecule has 476 valence electrons. The summed E-state index contributed by atoms with van der Waals surface area (Å²) in [6.07, 6.45) is 0.812. The Bertz CT molecular complexity index is 4150. The van der Waals surface area contributed by atoms with E-state index in [1.165, 1.54) is 48.5 Å². The molecule has 0 bridgehead atoms. The second kappa shape index (κ2) is 33.2. The fourth-order valence-electron chi connectivity index (χ4n) is 6.09. The predicted molar refractivity (Wildman–Crippen MR) is 326 cm³/mol. The number of halogens is 5. The molecule has 0 saturated heterocycles. The van der Waals surface area contributed by atoms with E-state index in [9.17, 15) is 42.4 Å². The molecule has 0 saturated carbocycles. The molecule has 34 nitrogen and oxygen atoms in total. The van der Waals surface area contributed by atoms with Crippen LogP contribution in [-0.4, -0.2) is 136 Å². The molecule has 4 aromatic carbocycles. The summed E-state index contributed by atoms with van der Waals surface area (Å²) in [4.78, 5) is 47.1. The van der Waals surface area contributed by atoms with Gasteiger partial charge in [0.15, 0.2) is 17.0 Å². The Kier molecular flexibility index (Phi) is 26.5. The molecular formula is C44H42Cl5N17O17S6. The molecule has 0 radical (unpaired) electrons. The Morgan fingerprint density at radius 2 is 0.899 bits per heavy atom. The Labute approximate surface area is 537 Å². The van der Waals surface area contributed by atoms with Crippen molar-refractivity contribution >= 4 is 180 Å². The third kappa shape index (κ3) is 26.2. The number of rotatable bonds is 26. The van der Waals surface area contributed by atoms with Crippen LogP contribution in [0.2, 0.25) is 26.4 Å². The van der Waals surface area contributed by atoms with Gasteiger partial charge in [-0.2, -0.15) is 75.1 Å². The number of nitrogens with one attached hydrogen (secondary N) is 5. The van der Waals surface area contributed by atoms with E-state index < -0.39 is 81.6 Å². The average molecular weight is 1450 g/mol. The van der Waals surface area contributed by atoms with Crippen molar-refractivity contribution in [1.29, 1.82) is 0 Å². The maximum absolute atomic E-state index is 12.1. The van der Waals surface area contributed by atoms with Gasteiger partial charge >= 0.3 is 20.8 Å². The van der Waals surface area contributed by atoms with Gasteiger partial charge in [0.1, 0.15) is 28.0 Å². The lowest BCUT2D eigenvalue weighted by molar-refractivity contribution is 0.283. The van der Waals surface area contributed by atoms with Gasteiger partial charge in [-0.3, -0.25) is 17.8 Å². The quantitative estimate of drug-likeness (QED) is 0.0240. The molecule has 4 aromatic heterocycles. The van der Waals surface area contributed by atoms with Crippen molar-refractivity contribution in [3.8, 4) is 11.5 Å². The first-order chi connectivity index (χ1) is 41.9. The van der Waals surface area contributed by atoms with E-state index in [1.54, 1.807) is 44.2 Å². The van der Waals surface area contributed by atoms with Crippen molar-refractivity contribution < 1.29 is 72.5 Å². The summed E-state index contributed by atoms with van der Waals surface area (Å²) in [6.45, 7) is 5.21. The number of aromatic nitrogens is 12. The lowest BCUT2D eigenvalue weighted by Crippen LogP contribution is -2.14. The number of benzene rings is 4. The number of anilines is 10. The first kappa shape index (κ1) is 71.1. The Morgan fingerprint density at radius 3 is 1.38 bits per heavy atom. The maximum atomic E-state index is 12.1. The van der Waals surface area contributed by atoms with Gasteiger partial charge in [-0.1, -0.05) is 13.0 Å². The molecule has 0 aliphatic carbocycles. The molecule has 45 heteroatoms. The molecule has 0 spiro atoms. The summed E-state index contributed by atoms with van der Waals surface area (Å²) < 4.78 is 151. The smallest absolute Gasteiger partial charge is 0.398 e. The Morgan fingerprint density at radius 1 is 0.472 bits per heavy atom. The van der Waals surface area contributed by atoms with E-state index in [2.05, 4.69) is 94.8 Å². The van der Waals surface area contributed by atoms with Crippen LogP contribution >= 0.6 is 58.0 Å². The SMILES string of the molecule is CCCOS(=O)c1cccc(Nc2nc(C)nc(Cl)n2)c1.Cc1nc(Cl)nc(Nc2ccc(Nc3nc(Cl)nc(Nc4ccc(OS(=O)COS(=O)(=O)O)cc4)n3)cc2S(=O)(=O)O)n1.O=S(CCOS(=O)(=O)O)Oc1ccc(Nc2nc(Cl)nc(Cl)n2)cc1. The largest absolute Gasteiger partial charge is 0.400 e. The molecule has 0 amide bonds. The molecule has 3 atom stereocenters. The van der Waals surface area contributed by atoms with Gasteiger partial charge in [-0.25, -0.2) is 31.0 Å². The zero-order valence-electron chi connectivity index (χ0n) is 45.0. The van der Waals surface area contributed by atoms with Gasteiger partial charge in [0.25, 0.3) is 10.1 Å². The van der Waals surface area contributed by atoms with Crippen LogP contribution in [0.3, 0.4) is 0 Å². The number of hydrogen-bond acceptors (Lipinski definition) is 31. The normalized spacial score (nSPS) is 12.4. The molecular weight excluding hydrogens is 1410 g/mol. The highest BCUT2D eigenvalue weighted by Gasteiger charge is 2.20. The molecule has 8 rings (SSSR count). The van der Waals surface area contributed by atoms with Crippen LogP contribution in [0.25, 0.3) is 0 Å². The van der Waals surface area contributed by atoms with Gasteiger partial charge in [-0.15, -0.1) is 0 Å². The van der Waals surface area contributed by atoms with E-state index in [0.29, 0.717) is 40.3 Å². The van der Waals surface area contributed by atoms with Crippen molar-refractivity contribution in [2.75, 3.05) is 51.5 Å². The van der Waals surface area contributed by atoms with Gasteiger partial charge in [-0.05, 0) is 163 Å². The van der Waals surface area contributed by atoms with Gasteiger partial charge in [0.05, 0.1) is 29.5 Å². The molecule has 4 heterocycles. The molecule has 0 aliphatic rings. The van der Waals surface area contributed by atoms with Crippen LogP contribution < -0.4 is 35.0 Å². The zero-order chi connectivity index (χ0) is 65.1. The monoisotopic (exact) mass is 1450 g/mol. The van der Waals surface area contributed by atoms with Crippen LogP contribution in [0, 0.1) is 13.8 Å². The lowest BCUT2D eigenvalue weighted by atomic mass is 10.3. The second-order valence-corrected chi connectivity index (χ2v) is 24.9. The summed E-state index contributed by atoms with van der Waals surface area (Å²) in [6, 6.07) is 22.8. The van der Waals surface area contributed by atoms with Crippen LogP contribution in [0.1, 0.15) is 25.0 Å². The van der Waals surface area contributed by atoms with Crippen LogP contribution in [-0.2, 0) is 76.7 Å². The zero-order valence-corrected chi connectivity index (χ0v) is 53.6. The van der Waals surface area contributed by atoms with E-state index >= 15 is 0 Å². The molecule has 8 aromatic rings. The maximum Gasteiger partial charge on any atom is 0.398 e. The molecule has 89 heavy (non-hydrogen) atoms. The fraction of sp³-hybridized carbons (Fsp3) is 0.182. The standard InChI is InChI=1S/C20H17Cl2N9O9S3.C13H15ClN4O2S.C11H10Cl2N4O6S2/c1-10-23-16(21)28-18(24-10)27-14-7-4-12(8-15(14)42(33,34)35)26-20-30-17(22)29-19(31-20)25-11-2-5-13(6-3-11)40-41(32)9-39-43(36,37)38;1-3-7-20-21(19)11-6-4-5-10(8-11)17-13-16-9(2)15-12(14)18-13;12-9-15-10(13)17-11(16-9)14-7-1-3-8(4-2-7)23-24(18)6-5-22-25(19,20)21/h2-8H,9H2,1H3,(H,33,34,35)(H,36,37,38)(H,23,24,27,28)(H2,25,26,29,30,31);4-6,8H,3,7H2,1-2H3,(H,15,16,17,18);1-4H,5-6H2,(H,19,20,21)(H,14,15,16,17). The van der Waals surface area contributed by atoms with Crippen LogP contribution in [0.5, 0.6) is 11.5 Å². The molecule has 0 aliphatic heterocycles. The van der Waals surface area contributed by atoms with Crippen LogP contribution in [0.4, 0.5) is 58.2 Å². The summed E-state index contributed by atoms with van der Waals surface area (Å²) in [5.41, 5.74) is 1.77. The van der Waals surface area contributed by atoms with E-state index in [4.69, 9.17) is 79.7 Å². The summed E-state index contributed by atoms with van der Waals surface area (Å²) in [5, 5.41) is 13.8. The topological polar surface area (TPSA) is 475 Å². The summed E-state index contributed by atoms with van der Waals surface area (Å²) >= 11 is 23.4. The minimum absolute atomic E-state index is 0.0309. The minimum Gasteiger partial charge on any atom is -0.400 e. The molecule has 8 N–H and O–H groups in total. The molecule has 3 unspecified atom stereocenters. The lowest BCUT2D eigenvalue weighted by Gasteiger charge is -2.13. The fourth-order valence-corrected chi connectivity index (χ4v) is 10.8. The van der Waals surface area contributed by atoms with Gasteiger partial charge < -0.3 is 35.0 Å². The Hall–Kier alpha value is -6.97. The minimum atomic E-state index is -4.77. The van der Waals surface area contributed by atoms with E-state index in [0.717, 1.165) is 12.5 Å². The number of hydrogen-bond donors (Lipinski definition) is 8. The first-order valence-electron chi connectivity index (χ1n) is 23.9. The van der Waals surface area contributed by atoms with Gasteiger partial charge in [0.2, 0.25) is 78.3 Å². The van der Waals surface area contributed by atoms with Crippen molar-refractivity contribution in [2.24, 2.45) is 0 Å². The number of aryl methyl sites for hydroxylation is 2. The van der Waals surface area contributed by atoms with Crippen molar-refractivity contribution in [3.63, 3.8) is 0 Å². The van der Waals surface area contributed by atoms with E-state index in [-0.39, 0.29) is 84.7 Å². The predicted octanol–water partition coefficient (Wildman–Crippen LogP) is 7.78. The number of nitrogens with zero attached hydrogens (tertiary/aromatic N) is 12. The van der Waals surface area contributed by atoms with Crippen LogP contribution in [0.15, 0.2) is 101 Å². The van der Waals surface area contributed by atoms with Crippen molar-refractivity contribution in [3.05, 3.63) is 129 Å². The third-order valence-corrected chi connectivity index (χ3v) is 14.8. The first-order valence-corrected chi connectivity index (χ1v) is 33.5. The molecule has 0 fully saturated rings. The van der Waals surface area contributed by atoms with Gasteiger partial charge in [0, 0.05) is 22.7 Å². The van der Waals surface area contributed by atoms with Crippen molar-refractivity contribution in [2.45, 2.75) is 37.0 Å². The van der Waals surface area contributed by atoms with E-state index in [1.807, 2.05) is 13.0 Å².